The fourth-order valence-corrected chi connectivity index (χ4v) is 4.89. The van der Waals surface area contributed by atoms with Crippen molar-refractivity contribution in [3.8, 4) is 11.5 Å². The highest BCUT2D eigenvalue weighted by Crippen LogP contribution is 2.32. The summed E-state index contributed by atoms with van der Waals surface area (Å²) in [6, 6.07) is 14.1. The quantitative estimate of drug-likeness (QED) is 0.509. The van der Waals surface area contributed by atoms with Crippen LogP contribution in [0.3, 0.4) is 0 Å². The van der Waals surface area contributed by atoms with Crippen LogP contribution in [0.1, 0.15) is 37.9 Å². The normalized spacial score (nSPS) is 15.7. The van der Waals surface area contributed by atoms with E-state index < -0.39 is 12.0 Å². The topological polar surface area (TPSA) is 79.1 Å². The molecular formula is C26H26N2O5S. The highest BCUT2D eigenvalue weighted by atomic mass is 32.1. The first-order valence-electron chi connectivity index (χ1n) is 10.8. The van der Waals surface area contributed by atoms with Gasteiger partial charge in [-0.3, -0.25) is 9.36 Å². The van der Waals surface area contributed by atoms with Gasteiger partial charge in [-0.25, -0.2) is 9.79 Å². The average Bonchev–Trinajstić information content (AvgIpc) is 3.12. The van der Waals surface area contributed by atoms with Gasteiger partial charge in [-0.1, -0.05) is 35.6 Å². The molecule has 0 radical (unpaired) electrons. The lowest BCUT2D eigenvalue weighted by atomic mass is 9.95. The largest absolute Gasteiger partial charge is 0.497 e. The van der Waals surface area contributed by atoms with Gasteiger partial charge >= 0.3 is 5.97 Å². The molecule has 0 saturated carbocycles. The van der Waals surface area contributed by atoms with Gasteiger partial charge in [0.15, 0.2) is 4.80 Å². The Bertz CT molecular complexity index is 1430. The fraction of sp³-hybridized carbons (Fsp3) is 0.269. The minimum Gasteiger partial charge on any atom is -0.497 e. The van der Waals surface area contributed by atoms with E-state index in [1.807, 2.05) is 54.6 Å². The minimum absolute atomic E-state index is 0.227. The van der Waals surface area contributed by atoms with Crippen molar-refractivity contribution in [1.29, 1.82) is 0 Å². The zero-order valence-corrected chi connectivity index (χ0v) is 20.5. The van der Waals surface area contributed by atoms with Crippen LogP contribution in [0.25, 0.3) is 6.08 Å². The first kappa shape index (κ1) is 23.5. The number of allylic oxidation sites excluding steroid dienone is 1. The second-order valence-electron chi connectivity index (χ2n) is 8.09. The van der Waals surface area contributed by atoms with Crippen LogP contribution < -0.4 is 24.4 Å². The highest BCUT2D eigenvalue weighted by Gasteiger charge is 2.34. The van der Waals surface area contributed by atoms with Crippen molar-refractivity contribution >= 4 is 23.4 Å². The molecule has 4 rings (SSSR count). The van der Waals surface area contributed by atoms with Crippen molar-refractivity contribution in [3.63, 3.8) is 0 Å². The second-order valence-corrected chi connectivity index (χ2v) is 9.09. The van der Waals surface area contributed by atoms with E-state index in [0.29, 0.717) is 26.4 Å². The molecule has 7 nitrogen and oxygen atoms in total. The van der Waals surface area contributed by atoms with Crippen molar-refractivity contribution in [2.45, 2.75) is 32.9 Å². The molecule has 0 spiro atoms. The summed E-state index contributed by atoms with van der Waals surface area (Å²) < 4.78 is 18.2. The molecule has 1 aliphatic rings. The van der Waals surface area contributed by atoms with Crippen LogP contribution in [-0.2, 0) is 9.53 Å². The molecule has 1 aromatic heterocycles. The van der Waals surface area contributed by atoms with Crippen molar-refractivity contribution in [3.05, 3.63) is 90.6 Å². The first-order chi connectivity index (χ1) is 16.3. The molecule has 0 aliphatic carbocycles. The molecule has 0 bridgehead atoms. The maximum absolute atomic E-state index is 13.6. The van der Waals surface area contributed by atoms with Crippen LogP contribution in [0.15, 0.2) is 69.6 Å². The van der Waals surface area contributed by atoms with Crippen molar-refractivity contribution in [1.82, 2.24) is 4.57 Å². The fourth-order valence-electron chi connectivity index (χ4n) is 3.84. The van der Waals surface area contributed by atoms with Gasteiger partial charge in [0.1, 0.15) is 11.5 Å². The third-order valence-electron chi connectivity index (χ3n) is 5.41. The Balaban J connectivity index is 1.92. The predicted molar refractivity (Wildman–Crippen MR) is 131 cm³/mol. The molecule has 8 heteroatoms. The van der Waals surface area contributed by atoms with Gasteiger partial charge in [-0.2, -0.15) is 0 Å². The van der Waals surface area contributed by atoms with Gasteiger partial charge < -0.3 is 14.2 Å². The summed E-state index contributed by atoms with van der Waals surface area (Å²) in [4.78, 5) is 31.9. The molecule has 0 fully saturated rings. The molecule has 2 aromatic carbocycles. The van der Waals surface area contributed by atoms with Crippen molar-refractivity contribution in [2.75, 3.05) is 14.2 Å². The van der Waals surface area contributed by atoms with Crippen LogP contribution in [0.4, 0.5) is 0 Å². The molecule has 2 heterocycles. The summed E-state index contributed by atoms with van der Waals surface area (Å²) in [6.07, 6.45) is 1.51. The number of rotatable bonds is 6. The SMILES string of the molecule is COc1ccc(/C=c2/sc3n(c2=O)C(c2cccc(OC)c2)C(C(=O)OC(C)C)=C(C)N=3)cc1. The summed E-state index contributed by atoms with van der Waals surface area (Å²) in [5.41, 5.74) is 2.23. The lowest BCUT2D eigenvalue weighted by molar-refractivity contribution is -0.143. The lowest BCUT2D eigenvalue weighted by Gasteiger charge is -2.25. The average molecular weight is 479 g/mol. The van der Waals surface area contributed by atoms with Crippen LogP contribution in [-0.4, -0.2) is 30.9 Å². The molecule has 1 atom stereocenters. The van der Waals surface area contributed by atoms with Crippen molar-refractivity contribution in [2.24, 2.45) is 4.99 Å². The van der Waals surface area contributed by atoms with E-state index in [4.69, 9.17) is 14.2 Å². The van der Waals surface area contributed by atoms with E-state index in [9.17, 15) is 9.59 Å². The number of carbonyl (C=O) groups is 1. The van der Waals surface area contributed by atoms with Gasteiger partial charge in [0.2, 0.25) is 0 Å². The van der Waals surface area contributed by atoms with Crippen LogP contribution in [0, 0.1) is 0 Å². The number of carbonyl (C=O) groups excluding carboxylic acids is 1. The first-order valence-corrected chi connectivity index (χ1v) is 11.7. The van der Waals surface area contributed by atoms with Gasteiger partial charge in [-0.15, -0.1) is 0 Å². The standard InChI is InChI=1S/C26H26N2O5S/c1-15(2)33-25(30)22-16(3)27-26-28(23(22)18-7-6-8-20(14-18)32-5)24(29)21(34-26)13-17-9-11-19(31-4)12-10-17/h6-15,23H,1-5H3/b21-13+. The Hall–Kier alpha value is -3.65. The number of benzene rings is 2. The third-order valence-corrected chi connectivity index (χ3v) is 6.39. The van der Waals surface area contributed by atoms with Crippen LogP contribution >= 0.6 is 11.3 Å². The highest BCUT2D eigenvalue weighted by molar-refractivity contribution is 7.07. The molecule has 3 aromatic rings. The third kappa shape index (κ3) is 4.54. The van der Waals surface area contributed by atoms with E-state index in [1.54, 1.807) is 39.6 Å². The van der Waals surface area contributed by atoms with Crippen LogP contribution in [0.2, 0.25) is 0 Å². The molecule has 1 aliphatic heterocycles. The molecule has 0 N–H and O–H groups in total. The van der Waals surface area contributed by atoms with E-state index in [1.165, 1.54) is 11.3 Å². The maximum Gasteiger partial charge on any atom is 0.338 e. The van der Waals surface area contributed by atoms with Gasteiger partial charge in [0, 0.05) is 0 Å². The monoisotopic (exact) mass is 478 g/mol. The number of hydrogen-bond donors (Lipinski definition) is 0. The molecule has 0 saturated heterocycles. The molecule has 34 heavy (non-hydrogen) atoms. The van der Waals surface area contributed by atoms with Crippen molar-refractivity contribution < 1.29 is 19.0 Å². The number of thiazole rings is 1. The van der Waals surface area contributed by atoms with Gasteiger partial charge in [-0.05, 0) is 62.2 Å². The number of esters is 1. The number of methoxy groups -OCH3 is 2. The Morgan fingerprint density at radius 3 is 2.44 bits per heavy atom. The van der Waals surface area contributed by atoms with E-state index in [-0.39, 0.29) is 11.7 Å². The number of aromatic nitrogens is 1. The summed E-state index contributed by atoms with van der Waals surface area (Å²) in [5, 5.41) is 0. The molecule has 0 amide bonds. The Morgan fingerprint density at radius 1 is 1.09 bits per heavy atom. The summed E-state index contributed by atoms with van der Waals surface area (Å²) in [6.45, 7) is 5.35. The Labute approximate surface area is 201 Å². The number of hydrogen-bond acceptors (Lipinski definition) is 7. The van der Waals surface area contributed by atoms with Gasteiger partial charge in [0.25, 0.3) is 5.56 Å². The number of ether oxygens (including phenoxy) is 3. The van der Waals surface area contributed by atoms with E-state index in [0.717, 1.165) is 16.9 Å². The smallest absolute Gasteiger partial charge is 0.338 e. The zero-order chi connectivity index (χ0) is 24.4. The Morgan fingerprint density at radius 2 is 1.79 bits per heavy atom. The maximum atomic E-state index is 13.6. The van der Waals surface area contributed by atoms with E-state index in [2.05, 4.69) is 4.99 Å². The number of nitrogens with zero attached hydrogens (tertiary/aromatic N) is 2. The predicted octanol–water partition coefficient (Wildman–Crippen LogP) is 3.20. The molecule has 176 valence electrons. The summed E-state index contributed by atoms with van der Waals surface area (Å²) >= 11 is 1.29. The summed E-state index contributed by atoms with van der Waals surface area (Å²) in [5.74, 6) is 0.873. The van der Waals surface area contributed by atoms with Crippen LogP contribution in [0.5, 0.6) is 11.5 Å². The Kier molecular flexibility index (Phi) is 6.70. The minimum atomic E-state index is -0.685. The summed E-state index contributed by atoms with van der Waals surface area (Å²) in [7, 11) is 3.18. The van der Waals surface area contributed by atoms with E-state index >= 15 is 0 Å². The lowest BCUT2D eigenvalue weighted by Crippen LogP contribution is -2.40. The molecule has 1 unspecified atom stereocenters. The van der Waals surface area contributed by atoms with Gasteiger partial charge in [0.05, 0.1) is 42.2 Å². The number of fused-ring (bicyclic) bond motifs is 1. The zero-order valence-electron chi connectivity index (χ0n) is 19.7. The molecular weight excluding hydrogens is 452 g/mol. The second kappa shape index (κ2) is 9.69.